The van der Waals surface area contributed by atoms with Crippen molar-refractivity contribution in [3.05, 3.63) is 64.8 Å². The minimum Gasteiger partial charge on any atom is -0.496 e. The molecule has 1 fully saturated rings. The van der Waals surface area contributed by atoms with Gasteiger partial charge in [-0.2, -0.15) is 0 Å². The van der Waals surface area contributed by atoms with E-state index in [1.54, 1.807) is 19.2 Å². The number of carbonyl (C=O) groups is 2. The van der Waals surface area contributed by atoms with Crippen LogP contribution in [0.5, 0.6) is 5.75 Å². The number of rotatable bonds is 10. The first-order valence-electron chi connectivity index (χ1n) is 12.8. The minimum absolute atomic E-state index is 0.0400. The number of benzene rings is 2. The molecule has 0 radical (unpaired) electrons. The first kappa shape index (κ1) is 24.8. The summed E-state index contributed by atoms with van der Waals surface area (Å²) in [5, 5.41) is 13.5. The first-order valence-corrected chi connectivity index (χ1v) is 12.8. The van der Waals surface area contributed by atoms with Gasteiger partial charge in [-0.3, -0.25) is 4.79 Å². The van der Waals surface area contributed by atoms with E-state index in [2.05, 4.69) is 36.0 Å². The van der Waals surface area contributed by atoms with Crippen LogP contribution in [-0.4, -0.2) is 35.2 Å². The fourth-order valence-electron chi connectivity index (χ4n) is 5.24. The summed E-state index contributed by atoms with van der Waals surface area (Å²) in [5.74, 6) is 0.0344. The van der Waals surface area contributed by atoms with Gasteiger partial charge in [0, 0.05) is 41.7 Å². The van der Waals surface area contributed by atoms with Crippen LogP contribution < -0.4 is 10.1 Å². The summed E-state index contributed by atoms with van der Waals surface area (Å²) >= 11 is 0. The van der Waals surface area contributed by atoms with E-state index in [4.69, 9.17) is 4.74 Å². The smallest absolute Gasteiger partial charge is 0.335 e. The van der Waals surface area contributed by atoms with Crippen LogP contribution in [0.2, 0.25) is 0 Å². The summed E-state index contributed by atoms with van der Waals surface area (Å²) in [6.07, 6.45) is 9.71. The Kier molecular flexibility index (Phi) is 7.79. The maximum absolute atomic E-state index is 13.0. The van der Waals surface area contributed by atoms with E-state index in [-0.39, 0.29) is 11.5 Å². The second-order valence-corrected chi connectivity index (χ2v) is 9.63. The molecule has 6 nitrogen and oxygen atoms in total. The SMILES string of the molecule is CCC(CC)CNC(=O)c1ccc2c(c1)c(Cc1ccc(C(=O)O)cc1OC)cn2C1CCCC1. The molecule has 35 heavy (non-hydrogen) atoms. The fourth-order valence-corrected chi connectivity index (χ4v) is 5.24. The average molecular weight is 477 g/mol. The number of ether oxygens (including phenoxy) is 1. The number of methoxy groups -OCH3 is 1. The molecule has 1 heterocycles. The molecule has 0 unspecified atom stereocenters. The predicted molar refractivity (Wildman–Crippen MR) is 139 cm³/mol. The predicted octanol–water partition coefficient (Wildman–Crippen LogP) is 6.22. The highest BCUT2D eigenvalue weighted by molar-refractivity contribution is 5.99. The van der Waals surface area contributed by atoms with Crippen LogP contribution >= 0.6 is 0 Å². The number of nitrogens with zero attached hydrogens (tertiary/aromatic N) is 1. The standard InChI is InChI=1S/C29H36N2O4/c1-4-19(5-2)17-30-28(32)21-12-13-26-25(15-21)23(18-31(26)24-8-6-7-9-24)14-20-10-11-22(29(33)34)16-27(20)35-3/h10-13,15-16,18-19,24H,4-9,14,17H2,1-3H3,(H,30,32)(H,33,34). The molecule has 6 heteroatoms. The number of nitrogens with one attached hydrogen (secondary N) is 1. The molecular formula is C29H36N2O4. The lowest BCUT2D eigenvalue weighted by Gasteiger charge is -2.14. The molecule has 4 rings (SSSR count). The third kappa shape index (κ3) is 5.37. The Labute approximate surface area is 207 Å². The Morgan fingerprint density at radius 3 is 2.43 bits per heavy atom. The molecule has 0 atom stereocenters. The molecule has 1 saturated carbocycles. The molecule has 0 saturated heterocycles. The van der Waals surface area contributed by atoms with Gasteiger partial charge in [-0.1, -0.05) is 45.6 Å². The van der Waals surface area contributed by atoms with Crippen LogP contribution in [0.1, 0.15) is 90.3 Å². The number of hydrogen-bond donors (Lipinski definition) is 2. The highest BCUT2D eigenvalue weighted by atomic mass is 16.5. The van der Waals surface area contributed by atoms with Crippen LogP contribution in [0.15, 0.2) is 42.6 Å². The van der Waals surface area contributed by atoms with Crippen molar-refractivity contribution in [1.82, 2.24) is 9.88 Å². The Morgan fingerprint density at radius 1 is 1.06 bits per heavy atom. The van der Waals surface area contributed by atoms with Gasteiger partial charge in [0.05, 0.1) is 12.7 Å². The molecule has 0 spiro atoms. The largest absolute Gasteiger partial charge is 0.496 e. The Hall–Kier alpha value is -3.28. The van der Waals surface area contributed by atoms with Crippen molar-refractivity contribution < 1.29 is 19.4 Å². The van der Waals surface area contributed by atoms with Crippen molar-refractivity contribution in [2.45, 2.75) is 64.8 Å². The summed E-state index contributed by atoms with van der Waals surface area (Å²) in [6.45, 7) is 5.00. The number of aromatic carboxylic acids is 1. The summed E-state index contributed by atoms with van der Waals surface area (Å²) < 4.78 is 7.91. The molecule has 3 aromatic rings. The molecule has 0 bridgehead atoms. The summed E-state index contributed by atoms with van der Waals surface area (Å²) in [6, 6.07) is 11.5. The zero-order chi connectivity index (χ0) is 24.9. The summed E-state index contributed by atoms with van der Waals surface area (Å²) in [4.78, 5) is 24.4. The minimum atomic E-state index is -0.975. The van der Waals surface area contributed by atoms with Crippen molar-refractivity contribution in [2.75, 3.05) is 13.7 Å². The lowest BCUT2D eigenvalue weighted by molar-refractivity contribution is 0.0696. The lowest BCUT2D eigenvalue weighted by Crippen LogP contribution is -2.28. The maximum Gasteiger partial charge on any atom is 0.335 e. The Balaban J connectivity index is 1.70. The average Bonchev–Trinajstić information content (AvgIpc) is 3.52. The zero-order valence-corrected chi connectivity index (χ0v) is 21.0. The van der Waals surface area contributed by atoms with Crippen LogP contribution in [0, 0.1) is 5.92 Å². The van der Waals surface area contributed by atoms with Gasteiger partial charge in [-0.25, -0.2) is 4.79 Å². The van der Waals surface area contributed by atoms with Crippen molar-refractivity contribution in [3.63, 3.8) is 0 Å². The number of aromatic nitrogens is 1. The molecule has 0 aliphatic heterocycles. The van der Waals surface area contributed by atoms with Gasteiger partial charge < -0.3 is 19.7 Å². The van der Waals surface area contributed by atoms with Crippen LogP contribution in [0.25, 0.3) is 10.9 Å². The highest BCUT2D eigenvalue weighted by Crippen LogP contribution is 2.36. The zero-order valence-electron chi connectivity index (χ0n) is 21.0. The van der Waals surface area contributed by atoms with Gasteiger partial charge in [0.1, 0.15) is 5.75 Å². The van der Waals surface area contributed by atoms with Crippen LogP contribution in [0.3, 0.4) is 0 Å². The quantitative estimate of drug-likeness (QED) is 0.364. The van der Waals surface area contributed by atoms with E-state index in [1.165, 1.54) is 12.8 Å². The third-order valence-corrected chi connectivity index (χ3v) is 7.52. The number of carbonyl (C=O) groups excluding carboxylic acids is 1. The number of fused-ring (bicyclic) bond motifs is 1. The first-order chi connectivity index (χ1) is 16.9. The topological polar surface area (TPSA) is 80.6 Å². The van der Waals surface area contributed by atoms with Crippen LogP contribution in [-0.2, 0) is 6.42 Å². The number of hydrogen-bond acceptors (Lipinski definition) is 3. The van der Waals surface area contributed by atoms with E-state index in [9.17, 15) is 14.7 Å². The van der Waals surface area contributed by atoms with E-state index in [1.807, 2.05) is 18.2 Å². The maximum atomic E-state index is 13.0. The molecule has 1 amide bonds. The monoisotopic (exact) mass is 476 g/mol. The Bertz CT molecular complexity index is 1200. The number of carboxylic acid groups (broad SMARTS) is 1. The lowest BCUT2D eigenvalue weighted by atomic mass is 10.0. The Morgan fingerprint density at radius 2 is 1.77 bits per heavy atom. The molecule has 1 aliphatic rings. The van der Waals surface area contributed by atoms with E-state index < -0.39 is 5.97 Å². The number of carboxylic acids is 1. The molecular weight excluding hydrogens is 440 g/mol. The third-order valence-electron chi connectivity index (χ3n) is 7.52. The van der Waals surface area contributed by atoms with Gasteiger partial charge in [0.15, 0.2) is 0 Å². The van der Waals surface area contributed by atoms with Gasteiger partial charge >= 0.3 is 5.97 Å². The highest BCUT2D eigenvalue weighted by Gasteiger charge is 2.22. The summed E-state index contributed by atoms with van der Waals surface area (Å²) in [7, 11) is 1.56. The molecule has 2 N–H and O–H groups in total. The van der Waals surface area contributed by atoms with E-state index >= 15 is 0 Å². The fraction of sp³-hybridized carbons (Fsp3) is 0.448. The molecule has 1 aromatic heterocycles. The van der Waals surface area contributed by atoms with Crippen molar-refractivity contribution in [2.24, 2.45) is 5.92 Å². The molecule has 1 aliphatic carbocycles. The van der Waals surface area contributed by atoms with E-state index in [0.29, 0.717) is 36.2 Å². The second kappa shape index (κ2) is 11.0. The normalized spacial score (nSPS) is 14.1. The molecule has 2 aromatic carbocycles. The van der Waals surface area contributed by atoms with Gasteiger partial charge in [0.25, 0.3) is 5.91 Å². The van der Waals surface area contributed by atoms with Gasteiger partial charge in [-0.05, 0) is 60.2 Å². The second-order valence-electron chi connectivity index (χ2n) is 9.63. The van der Waals surface area contributed by atoms with Gasteiger partial charge in [-0.15, -0.1) is 0 Å². The van der Waals surface area contributed by atoms with Crippen molar-refractivity contribution in [3.8, 4) is 5.75 Å². The number of amides is 1. The molecule has 186 valence electrons. The van der Waals surface area contributed by atoms with Gasteiger partial charge in [0.2, 0.25) is 0 Å². The van der Waals surface area contributed by atoms with Crippen LogP contribution in [0.4, 0.5) is 0 Å². The van der Waals surface area contributed by atoms with E-state index in [0.717, 1.165) is 47.7 Å². The van der Waals surface area contributed by atoms with Crippen molar-refractivity contribution >= 4 is 22.8 Å². The summed E-state index contributed by atoms with van der Waals surface area (Å²) in [5.41, 5.74) is 4.05. The van der Waals surface area contributed by atoms with Crippen molar-refractivity contribution in [1.29, 1.82) is 0 Å².